The number of phenols is 1. The van der Waals surface area contributed by atoms with Gasteiger partial charge in [-0.25, -0.2) is 0 Å². The molecule has 0 aliphatic heterocycles. The summed E-state index contributed by atoms with van der Waals surface area (Å²) in [6, 6.07) is 5.07. The van der Waals surface area contributed by atoms with Gasteiger partial charge in [0.1, 0.15) is 5.75 Å². The Morgan fingerprint density at radius 1 is 1.50 bits per heavy atom. The average molecular weight is 166 g/mol. The molecule has 0 saturated heterocycles. The third-order valence-electron chi connectivity index (χ3n) is 1.66. The SMILES string of the molecule is Cc1cccc(CC(=O)O)c1O. The van der Waals surface area contributed by atoms with E-state index in [4.69, 9.17) is 5.11 Å². The van der Waals surface area contributed by atoms with Gasteiger partial charge in [-0.1, -0.05) is 18.2 Å². The van der Waals surface area contributed by atoms with Gasteiger partial charge in [0.15, 0.2) is 0 Å². The number of hydrogen-bond donors (Lipinski definition) is 2. The molecule has 1 rings (SSSR count). The van der Waals surface area contributed by atoms with Crippen molar-refractivity contribution in [1.82, 2.24) is 0 Å². The highest BCUT2D eigenvalue weighted by molar-refractivity contribution is 5.71. The third kappa shape index (κ3) is 1.75. The number of aryl methyl sites for hydroxylation is 1. The number of aliphatic carboxylic acids is 1. The monoisotopic (exact) mass is 166 g/mol. The molecule has 0 unspecified atom stereocenters. The van der Waals surface area contributed by atoms with Crippen molar-refractivity contribution in [3.05, 3.63) is 29.3 Å². The first-order chi connectivity index (χ1) is 5.61. The van der Waals surface area contributed by atoms with Gasteiger partial charge in [0.2, 0.25) is 0 Å². The summed E-state index contributed by atoms with van der Waals surface area (Å²) < 4.78 is 0. The number of rotatable bonds is 2. The Hall–Kier alpha value is -1.51. The van der Waals surface area contributed by atoms with Crippen molar-refractivity contribution in [3.8, 4) is 5.75 Å². The van der Waals surface area contributed by atoms with Gasteiger partial charge in [-0.3, -0.25) is 4.79 Å². The van der Waals surface area contributed by atoms with Crippen LogP contribution in [0.4, 0.5) is 0 Å². The molecule has 0 fully saturated rings. The van der Waals surface area contributed by atoms with Crippen LogP contribution in [0.15, 0.2) is 18.2 Å². The number of para-hydroxylation sites is 1. The van der Waals surface area contributed by atoms with Crippen molar-refractivity contribution < 1.29 is 15.0 Å². The molecule has 0 bridgehead atoms. The van der Waals surface area contributed by atoms with Crippen LogP contribution in [-0.2, 0) is 11.2 Å². The van der Waals surface area contributed by atoms with Gasteiger partial charge in [-0.15, -0.1) is 0 Å². The topological polar surface area (TPSA) is 57.5 Å². The van der Waals surface area contributed by atoms with E-state index in [1.54, 1.807) is 25.1 Å². The highest BCUT2D eigenvalue weighted by atomic mass is 16.4. The van der Waals surface area contributed by atoms with E-state index in [1.165, 1.54) is 0 Å². The molecule has 0 aliphatic rings. The van der Waals surface area contributed by atoms with Crippen molar-refractivity contribution in [2.75, 3.05) is 0 Å². The van der Waals surface area contributed by atoms with Crippen LogP contribution in [0.5, 0.6) is 5.75 Å². The summed E-state index contributed by atoms with van der Waals surface area (Å²) in [4.78, 5) is 10.3. The predicted molar refractivity (Wildman–Crippen MR) is 44.2 cm³/mol. The van der Waals surface area contributed by atoms with E-state index in [-0.39, 0.29) is 12.2 Å². The molecule has 0 heterocycles. The van der Waals surface area contributed by atoms with E-state index in [9.17, 15) is 9.90 Å². The van der Waals surface area contributed by atoms with Crippen molar-refractivity contribution in [3.63, 3.8) is 0 Å². The third-order valence-corrected chi connectivity index (χ3v) is 1.66. The van der Waals surface area contributed by atoms with Gasteiger partial charge in [0.05, 0.1) is 6.42 Å². The van der Waals surface area contributed by atoms with E-state index in [0.717, 1.165) is 0 Å². The minimum Gasteiger partial charge on any atom is -0.507 e. The molecule has 3 heteroatoms. The molecule has 1 aromatic rings. The fourth-order valence-corrected chi connectivity index (χ4v) is 1.03. The molecule has 0 atom stereocenters. The molecular formula is C9H10O3. The van der Waals surface area contributed by atoms with Gasteiger partial charge in [0.25, 0.3) is 0 Å². The number of hydrogen-bond acceptors (Lipinski definition) is 2. The number of carbonyl (C=O) groups is 1. The predicted octanol–water partition coefficient (Wildman–Crippen LogP) is 1.33. The van der Waals surface area contributed by atoms with E-state index in [0.29, 0.717) is 11.1 Å². The van der Waals surface area contributed by atoms with Crippen LogP contribution in [0.25, 0.3) is 0 Å². The van der Waals surface area contributed by atoms with E-state index in [2.05, 4.69) is 0 Å². The summed E-state index contributed by atoms with van der Waals surface area (Å²) in [6.07, 6.45) is -0.131. The lowest BCUT2D eigenvalue weighted by molar-refractivity contribution is -0.136. The van der Waals surface area contributed by atoms with Gasteiger partial charge in [-0.05, 0) is 12.5 Å². The van der Waals surface area contributed by atoms with Crippen LogP contribution in [-0.4, -0.2) is 16.2 Å². The van der Waals surface area contributed by atoms with E-state index >= 15 is 0 Å². The second-order valence-electron chi connectivity index (χ2n) is 2.65. The van der Waals surface area contributed by atoms with E-state index < -0.39 is 5.97 Å². The van der Waals surface area contributed by atoms with Gasteiger partial charge >= 0.3 is 5.97 Å². The highest BCUT2D eigenvalue weighted by Crippen LogP contribution is 2.21. The van der Waals surface area contributed by atoms with Crippen LogP contribution in [0.2, 0.25) is 0 Å². The number of benzene rings is 1. The molecule has 12 heavy (non-hydrogen) atoms. The zero-order valence-corrected chi connectivity index (χ0v) is 6.74. The maximum absolute atomic E-state index is 10.3. The summed E-state index contributed by atoms with van der Waals surface area (Å²) in [5.74, 6) is -0.851. The molecule has 0 spiro atoms. The molecule has 0 aromatic heterocycles. The average Bonchev–Trinajstić information content (AvgIpc) is 1.98. The molecule has 64 valence electrons. The van der Waals surface area contributed by atoms with Crippen LogP contribution < -0.4 is 0 Å². The second kappa shape index (κ2) is 3.26. The van der Waals surface area contributed by atoms with Crippen LogP contribution >= 0.6 is 0 Å². The summed E-state index contributed by atoms with van der Waals surface area (Å²) in [6.45, 7) is 1.74. The van der Waals surface area contributed by atoms with Crippen molar-refractivity contribution >= 4 is 5.97 Å². The first kappa shape index (κ1) is 8.59. The molecule has 3 nitrogen and oxygen atoms in total. The van der Waals surface area contributed by atoms with E-state index in [1.807, 2.05) is 0 Å². The summed E-state index contributed by atoms with van der Waals surface area (Å²) in [5, 5.41) is 17.9. The normalized spacial score (nSPS) is 9.75. The van der Waals surface area contributed by atoms with Gasteiger partial charge in [-0.2, -0.15) is 0 Å². The van der Waals surface area contributed by atoms with Gasteiger partial charge < -0.3 is 10.2 Å². The van der Waals surface area contributed by atoms with Crippen LogP contribution in [0.3, 0.4) is 0 Å². The molecule has 0 aliphatic carbocycles. The number of carboxylic acid groups (broad SMARTS) is 1. The molecule has 0 amide bonds. The lowest BCUT2D eigenvalue weighted by atomic mass is 10.1. The Kier molecular flexibility index (Phi) is 2.33. The molecule has 1 aromatic carbocycles. The zero-order chi connectivity index (χ0) is 9.14. The number of aromatic hydroxyl groups is 1. The molecule has 2 N–H and O–H groups in total. The Balaban J connectivity index is 3.00. The molecule has 0 radical (unpaired) electrons. The number of phenolic OH excluding ortho intramolecular Hbond substituents is 1. The van der Waals surface area contributed by atoms with Crippen molar-refractivity contribution in [1.29, 1.82) is 0 Å². The Morgan fingerprint density at radius 3 is 2.75 bits per heavy atom. The van der Waals surface area contributed by atoms with Crippen molar-refractivity contribution in [2.45, 2.75) is 13.3 Å². The largest absolute Gasteiger partial charge is 0.507 e. The van der Waals surface area contributed by atoms with Crippen LogP contribution in [0, 0.1) is 6.92 Å². The second-order valence-corrected chi connectivity index (χ2v) is 2.65. The van der Waals surface area contributed by atoms with Crippen LogP contribution in [0.1, 0.15) is 11.1 Å². The number of carboxylic acids is 1. The Labute approximate surface area is 70.3 Å². The first-order valence-electron chi connectivity index (χ1n) is 3.60. The molecule has 0 saturated carbocycles. The quantitative estimate of drug-likeness (QED) is 0.696. The standard InChI is InChI=1S/C9H10O3/c1-6-3-2-4-7(9(6)12)5-8(10)11/h2-4,12H,5H2,1H3,(H,10,11). The summed E-state index contributed by atoms with van der Waals surface area (Å²) in [5.41, 5.74) is 1.16. The Bertz CT molecular complexity index is 305. The minimum atomic E-state index is -0.934. The lowest BCUT2D eigenvalue weighted by Crippen LogP contribution is -2.00. The fraction of sp³-hybridized carbons (Fsp3) is 0.222. The minimum absolute atomic E-state index is 0.0832. The van der Waals surface area contributed by atoms with Gasteiger partial charge in [0, 0.05) is 5.56 Å². The molecular weight excluding hydrogens is 156 g/mol. The first-order valence-corrected chi connectivity index (χ1v) is 3.60. The lowest BCUT2D eigenvalue weighted by Gasteiger charge is -2.03. The zero-order valence-electron chi connectivity index (χ0n) is 6.74. The summed E-state index contributed by atoms with van der Waals surface area (Å²) >= 11 is 0. The Morgan fingerprint density at radius 2 is 2.17 bits per heavy atom. The fourth-order valence-electron chi connectivity index (χ4n) is 1.03. The summed E-state index contributed by atoms with van der Waals surface area (Å²) in [7, 11) is 0. The highest BCUT2D eigenvalue weighted by Gasteiger charge is 2.06. The maximum atomic E-state index is 10.3. The smallest absolute Gasteiger partial charge is 0.307 e. The maximum Gasteiger partial charge on any atom is 0.307 e. The van der Waals surface area contributed by atoms with Crippen molar-refractivity contribution in [2.24, 2.45) is 0 Å².